The maximum absolute atomic E-state index is 11.9. The van der Waals surface area contributed by atoms with E-state index in [1.165, 1.54) is 16.3 Å². The highest BCUT2D eigenvalue weighted by Gasteiger charge is 2.07. The van der Waals surface area contributed by atoms with E-state index in [9.17, 15) is 9.59 Å². The third-order valence-corrected chi connectivity index (χ3v) is 3.21. The van der Waals surface area contributed by atoms with Crippen LogP contribution in [0.2, 0.25) is 0 Å². The molecule has 0 spiro atoms. The van der Waals surface area contributed by atoms with Crippen LogP contribution in [0.25, 0.3) is 11.3 Å². The molecule has 1 N–H and O–H groups in total. The van der Waals surface area contributed by atoms with Crippen LogP contribution in [-0.4, -0.2) is 21.7 Å². The lowest BCUT2D eigenvalue weighted by atomic mass is 10.1. The number of hydrogen-bond donors (Lipinski definition) is 1. The quantitative estimate of drug-likeness (QED) is 0.920. The van der Waals surface area contributed by atoms with Gasteiger partial charge in [-0.1, -0.05) is 29.8 Å². The van der Waals surface area contributed by atoms with Crippen LogP contribution in [0.3, 0.4) is 0 Å². The summed E-state index contributed by atoms with van der Waals surface area (Å²) >= 11 is 0. The molecule has 0 aliphatic heterocycles. The maximum Gasteiger partial charge on any atom is 0.266 e. The molecule has 0 aliphatic carbocycles. The van der Waals surface area contributed by atoms with Crippen LogP contribution in [0, 0.1) is 6.92 Å². The van der Waals surface area contributed by atoms with Gasteiger partial charge < -0.3 is 5.32 Å². The predicted octanol–water partition coefficient (Wildman–Crippen LogP) is 2.13. The highest BCUT2D eigenvalue weighted by molar-refractivity contribution is 5.76. The molecule has 1 amide bonds. The first kappa shape index (κ1) is 15.9. The van der Waals surface area contributed by atoms with Crippen molar-refractivity contribution < 1.29 is 4.79 Å². The topological polar surface area (TPSA) is 64.0 Å². The minimum absolute atomic E-state index is 0.0792. The molecule has 22 heavy (non-hydrogen) atoms. The van der Waals surface area contributed by atoms with Crippen molar-refractivity contribution in [3.63, 3.8) is 0 Å². The van der Waals surface area contributed by atoms with Gasteiger partial charge in [0.25, 0.3) is 5.56 Å². The Morgan fingerprint density at radius 1 is 1.18 bits per heavy atom. The Morgan fingerprint density at radius 3 is 2.50 bits per heavy atom. The fourth-order valence-electron chi connectivity index (χ4n) is 2.09. The molecule has 2 rings (SSSR count). The van der Waals surface area contributed by atoms with Crippen LogP contribution in [0.4, 0.5) is 0 Å². The second kappa shape index (κ2) is 7.02. The highest BCUT2D eigenvalue weighted by Crippen LogP contribution is 2.15. The predicted molar refractivity (Wildman–Crippen MR) is 86.6 cm³/mol. The first-order valence-corrected chi connectivity index (χ1v) is 7.40. The Bertz CT molecular complexity index is 703. The van der Waals surface area contributed by atoms with Gasteiger partial charge in [-0.15, -0.1) is 0 Å². The lowest BCUT2D eigenvalue weighted by Crippen LogP contribution is -2.32. The first-order chi connectivity index (χ1) is 10.5. The molecule has 0 saturated heterocycles. The van der Waals surface area contributed by atoms with Crippen LogP contribution >= 0.6 is 0 Å². The fourth-order valence-corrected chi connectivity index (χ4v) is 2.09. The van der Waals surface area contributed by atoms with Gasteiger partial charge in [-0.2, -0.15) is 5.10 Å². The van der Waals surface area contributed by atoms with Crippen LogP contribution in [0.5, 0.6) is 0 Å². The molecule has 0 aliphatic rings. The summed E-state index contributed by atoms with van der Waals surface area (Å²) in [4.78, 5) is 23.5. The summed E-state index contributed by atoms with van der Waals surface area (Å²) in [5.74, 6) is -0.0792. The summed E-state index contributed by atoms with van der Waals surface area (Å²) in [5.41, 5.74) is 2.64. The van der Waals surface area contributed by atoms with Crippen molar-refractivity contribution in [1.29, 1.82) is 0 Å². The second-order valence-corrected chi connectivity index (χ2v) is 5.62. The molecule has 0 radical (unpaired) electrons. The molecule has 1 aromatic heterocycles. The van der Waals surface area contributed by atoms with Crippen molar-refractivity contribution in [3.05, 3.63) is 52.3 Å². The fraction of sp³-hybridized carbons (Fsp3) is 0.353. The summed E-state index contributed by atoms with van der Waals surface area (Å²) in [6, 6.07) is 11.2. The first-order valence-electron chi connectivity index (χ1n) is 7.40. The van der Waals surface area contributed by atoms with Crippen molar-refractivity contribution >= 4 is 5.91 Å². The van der Waals surface area contributed by atoms with Gasteiger partial charge in [0.1, 0.15) is 0 Å². The summed E-state index contributed by atoms with van der Waals surface area (Å²) in [6.07, 6.45) is 0.239. The van der Waals surface area contributed by atoms with E-state index in [2.05, 4.69) is 10.4 Å². The van der Waals surface area contributed by atoms with E-state index in [0.717, 1.165) is 11.3 Å². The van der Waals surface area contributed by atoms with Gasteiger partial charge in [0.2, 0.25) is 5.91 Å². The Balaban J connectivity index is 2.15. The molecular formula is C17H21N3O2. The van der Waals surface area contributed by atoms with Gasteiger partial charge in [-0.3, -0.25) is 9.59 Å². The van der Waals surface area contributed by atoms with Gasteiger partial charge in [0.15, 0.2) is 0 Å². The molecule has 0 atom stereocenters. The average Bonchev–Trinajstić information content (AvgIpc) is 2.46. The number of nitrogens with zero attached hydrogens (tertiary/aromatic N) is 2. The zero-order valence-corrected chi connectivity index (χ0v) is 13.2. The number of hydrogen-bond acceptors (Lipinski definition) is 3. The van der Waals surface area contributed by atoms with E-state index in [4.69, 9.17) is 0 Å². The third-order valence-electron chi connectivity index (χ3n) is 3.21. The Morgan fingerprint density at radius 2 is 1.86 bits per heavy atom. The number of aryl methyl sites for hydroxylation is 2. The van der Waals surface area contributed by atoms with Crippen molar-refractivity contribution in [2.24, 2.45) is 0 Å². The molecule has 1 heterocycles. The number of nitrogens with one attached hydrogen (secondary N) is 1. The zero-order chi connectivity index (χ0) is 16.1. The smallest absolute Gasteiger partial charge is 0.266 e. The van der Waals surface area contributed by atoms with E-state index >= 15 is 0 Å². The average molecular weight is 299 g/mol. The molecule has 5 nitrogen and oxygen atoms in total. The standard InChI is InChI=1S/C17H21N3O2/c1-12(2)18-16(21)10-11-20-17(22)9-8-15(19-20)14-6-4-13(3)5-7-14/h4-9,12H,10-11H2,1-3H3,(H,18,21). The monoisotopic (exact) mass is 299 g/mol. The molecule has 1 aromatic carbocycles. The van der Waals surface area contributed by atoms with Crippen LogP contribution in [0.15, 0.2) is 41.2 Å². The number of benzene rings is 1. The molecule has 0 bridgehead atoms. The minimum atomic E-state index is -0.201. The van der Waals surface area contributed by atoms with Crippen molar-refractivity contribution in [1.82, 2.24) is 15.1 Å². The number of carbonyl (C=O) groups is 1. The number of rotatable bonds is 5. The van der Waals surface area contributed by atoms with E-state index in [1.54, 1.807) is 6.07 Å². The molecule has 0 fully saturated rings. The van der Waals surface area contributed by atoms with Gasteiger partial charge >= 0.3 is 0 Å². The van der Waals surface area contributed by atoms with Crippen molar-refractivity contribution in [2.75, 3.05) is 0 Å². The van der Waals surface area contributed by atoms with Crippen LogP contribution in [0.1, 0.15) is 25.8 Å². The third kappa shape index (κ3) is 4.28. The molecule has 0 saturated carbocycles. The number of amides is 1. The normalized spacial score (nSPS) is 10.7. The van der Waals surface area contributed by atoms with E-state index in [0.29, 0.717) is 0 Å². The molecule has 116 valence electrons. The lowest BCUT2D eigenvalue weighted by molar-refractivity contribution is -0.121. The van der Waals surface area contributed by atoms with Crippen LogP contribution in [-0.2, 0) is 11.3 Å². The van der Waals surface area contributed by atoms with E-state index in [-0.39, 0.29) is 30.5 Å². The van der Waals surface area contributed by atoms with Crippen molar-refractivity contribution in [2.45, 2.75) is 39.8 Å². The molecule has 0 unspecified atom stereocenters. The Hall–Kier alpha value is -2.43. The number of carbonyl (C=O) groups excluding carboxylic acids is 1. The molecule has 2 aromatic rings. The Kier molecular flexibility index (Phi) is 5.09. The SMILES string of the molecule is Cc1ccc(-c2ccc(=O)n(CCC(=O)NC(C)C)n2)cc1. The van der Waals surface area contributed by atoms with E-state index < -0.39 is 0 Å². The van der Waals surface area contributed by atoms with Crippen molar-refractivity contribution in [3.8, 4) is 11.3 Å². The maximum atomic E-state index is 11.9. The number of aromatic nitrogens is 2. The zero-order valence-electron chi connectivity index (χ0n) is 13.2. The van der Waals surface area contributed by atoms with Crippen LogP contribution < -0.4 is 10.9 Å². The molecule has 5 heteroatoms. The van der Waals surface area contributed by atoms with Gasteiger partial charge in [0, 0.05) is 24.1 Å². The summed E-state index contributed by atoms with van der Waals surface area (Å²) in [6.45, 7) is 6.10. The summed E-state index contributed by atoms with van der Waals surface area (Å²) < 4.78 is 1.34. The summed E-state index contributed by atoms with van der Waals surface area (Å²) in [5, 5.41) is 7.15. The minimum Gasteiger partial charge on any atom is -0.354 e. The highest BCUT2D eigenvalue weighted by atomic mass is 16.2. The largest absolute Gasteiger partial charge is 0.354 e. The molecular weight excluding hydrogens is 278 g/mol. The Labute approximate surface area is 130 Å². The second-order valence-electron chi connectivity index (χ2n) is 5.62. The van der Waals surface area contributed by atoms with E-state index in [1.807, 2.05) is 45.0 Å². The van der Waals surface area contributed by atoms with Gasteiger partial charge in [0.05, 0.1) is 12.2 Å². The lowest BCUT2D eigenvalue weighted by Gasteiger charge is -2.10. The van der Waals surface area contributed by atoms with Gasteiger partial charge in [-0.25, -0.2) is 4.68 Å². The summed E-state index contributed by atoms with van der Waals surface area (Å²) in [7, 11) is 0. The van der Waals surface area contributed by atoms with Gasteiger partial charge in [-0.05, 0) is 26.8 Å².